The molecule has 0 saturated carbocycles. The fourth-order valence-electron chi connectivity index (χ4n) is 2.40. The molecule has 1 unspecified atom stereocenters. The van der Waals surface area contributed by atoms with Crippen LogP contribution in [0.4, 0.5) is 0 Å². The molecule has 2 heterocycles. The van der Waals surface area contributed by atoms with E-state index in [2.05, 4.69) is 16.9 Å². The van der Waals surface area contributed by atoms with Crippen molar-refractivity contribution in [3.8, 4) is 0 Å². The first kappa shape index (κ1) is 14.3. The van der Waals surface area contributed by atoms with E-state index in [1.165, 1.54) is 19.3 Å². The number of rotatable bonds is 3. The highest BCUT2D eigenvalue weighted by molar-refractivity contribution is 14.1. The Morgan fingerprint density at radius 1 is 1.56 bits per heavy atom. The molecular formula is C12H17ClIN3O. The maximum Gasteiger partial charge on any atom is 0.268 e. The summed E-state index contributed by atoms with van der Waals surface area (Å²) < 4.78 is 2.17. The van der Waals surface area contributed by atoms with Crippen LogP contribution < -0.4 is 5.56 Å². The van der Waals surface area contributed by atoms with Crippen LogP contribution in [0.1, 0.15) is 25.7 Å². The molecule has 0 spiro atoms. The minimum Gasteiger partial charge on any atom is -0.303 e. The topological polar surface area (TPSA) is 38.1 Å². The molecule has 1 fully saturated rings. The summed E-state index contributed by atoms with van der Waals surface area (Å²) in [5.41, 5.74) is -0.0333. The van der Waals surface area contributed by atoms with Crippen LogP contribution in [-0.2, 0) is 6.54 Å². The highest BCUT2D eigenvalue weighted by Crippen LogP contribution is 2.18. The van der Waals surface area contributed by atoms with Crippen molar-refractivity contribution in [2.45, 2.75) is 38.3 Å². The fraction of sp³-hybridized carbons (Fsp3) is 0.667. The van der Waals surface area contributed by atoms with Gasteiger partial charge in [-0.1, -0.05) is 18.0 Å². The van der Waals surface area contributed by atoms with Crippen LogP contribution in [0.2, 0.25) is 5.15 Å². The SMILES string of the molecule is CN1CCCCC1CCn1cnc(Cl)c(I)c1=O. The smallest absolute Gasteiger partial charge is 0.268 e. The molecule has 1 aromatic heterocycles. The molecule has 0 aliphatic carbocycles. The van der Waals surface area contributed by atoms with Gasteiger partial charge in [-0.05, 0) is 55.4 Å². The van der Waals surface area contributed by atoms with Gasteiger partial charge in [-0.3, -0.25) is 9.36 Å². The molecule has 0 bridgehead atoms. The highest BCUT2D eigenvalue weighted by atomic mass is 127. The number of halogens is 2. The average molecular weight is 382 g/mol. The first-order valence-corrected chi connectivity index (χ1v) is 7.66. The van der Waals surface area contributed by atoms with Crippen LogP contribution in [0.15, 0.2) is 11.1 Å². The molecule has 1 saturated heterocycles. The van der Waals surface area contributed by atoms with Gasteiger partial charge in [0.25, 0.3) is 5.56 Å². The number of likely N-dealkylation sites (tertiary alicyclic amines) is 1. The zero-order chi connectivity index (χ0) is 13.1. The van der Waals surface area contributed by atoms with Gasteiger partial charge in [-0.25, -0.2) is 4.98 Å². The van der Waals surface area contributed by atoms with E-state index >= 15 is 0 Å². The summed E-state index contributed by atoms with van der Waals surface area (Å²) in [6.45, 7) is 1.88. The van der Waals surface area contributed by atoms with Crippen molar-refractivity contribution >= 4 is 34.2 Å². The maximum absolute atomic E-state index is 12.0. The van der Waals surface area contributed by atoms with Crippen LogP contribution in [0.3, 0.4) is 0 Å². The van der Waals surface area contributed by atoms with Crippen LogP contribution in [0.5, 0.6) is 0 Å². The quantitative estimate of drug-likeness (QED) is 0.596. The Morgan fingerprint density at radius 2 is 2.33 bits per heavy atom. The molecule has 0 radical (unpaired) electrons. The van der Waals surface area contributed by atoms with Crippen LogP contribution >= 0.6 is 34.2 Å². The lowest BCUT2D eigenvalue weighted by atomic mass is 10.0. The van der Waals surface area contributed by atoms with E-state index in [-0.39, 0.29) is 5.56 Å². The van der Waals surface area contributed by atoms with Crippen molar-refractivity contribution in [1.29, 1.82) is 0 Å². The van der Waals surface area contributed by atoms with Crippen molar-refractivity contribution in [2.24, 2.45) is 0 Å². The van der Waals surface area contributed by atoms with E-state index in [4.69, 9.17) is 11.6 Å². The number of aromatic nitrogens is 2. The zero-order valence-corrected chi connectivity index (χ0v) is 13.3. The van der Waals surface area contributed by atoms with Crippen molar-refractivity contribution in [3.63, 3.8) is 0 Å². The Labute approximate surface area is 125 Å². The van der Waals surface area contributed by atoms with Crippen LogP contribution in [-0.4, -0.2) is 34.1 Å². The monoisotopic (exact) mass is 381 g/mol. The Kier molecular flexibility index (Phi) is 5.03. The van der Waals surface area contributed by atoms with E-state index in [0.717, 1.165) is 13.0 Å². The van der Waals surface area contributed by atoms with Gasteiger partial charge in [0.15, 0.2) is 0 Å². The highest BCUT2D eigenvalue weighted by Gasteiger charge is 2.18. The van der Waals surface area contributed by atoms with Crippen molar-refractivity contribution in [2.75, 3.05) is 13.6 Å². The molecule has 0 aromatic carbocycles. The number of nitrogens with zero attached hydrogens (tertiary/aromatic N) is 3. The minimum atomic E-state index is -0.0333. The standard InChI is InChI=1S/C12H17ClIN3O/c1-16-6-3-2-4-9(16)5-7-17-8-15-11(13)10(14)12(17)18/h8-9H,2-7H2,1H3. The molecule has 1 aliphatic heterocycles. The number of hydrogen-bond donors (Lipinski definition) is 0. The van der Waals surface area contributed by atoms with E-state index in [1.54, 1.807) is 10.9 Å². The second-order valence-corrected chi connectivity index (χ2v) is 6.20. The Morgan fingerprint density at radius 3 is 3.06 bits per heavy atom. The third-order valence-electron chi connectivity index (χ3n) is 3.56. The maximum atomic E-state index is 12.0. The summed E-state index contributed by atoms with van der Waals surface area (Å²) in [5, 5.41) is 0.298. The van der Waals surface area contributed by atoms with Crippen molar-refractivity contribution in [3.05, 3.63) is 25.4 Å². The summed E-state index contributed by atoms with van der Waals surface area (Å²) in [7, 11) is 2.16. The number of piperidine rings is 1. The summed E-state index contributed by atoms with van der Waals surface area (Å²) >= 11 is 7.77. The molecule has 0 N–H and O–H groups in total. The Balaban J connectivity index is 2.02. The zero-order valence-electron chi connectivity index (χ0n) is 10.4. The first-order valence-electron chi connectivity index (χ1n) is 6.20. The molecule has 1 aromatic rings. The second-order valence-electron chi connectivity index (χ2n) is 4.77. The fourth-order valence-corrected chi connectivity index (χ4v) is 2.97. The van der Waals surface area contributed by atoms with E-state index in [0.29, 0.717) is 21.3 Å². The summed E-state index contributed by atoms with van der Waals surface area (Å²) in [5.74, 6) is 0. The predicted molar refractivity (Wildman–Crippen MR) is 81.1 cm³/mol. The van der Waals surface area contributed by atoms with Gasteiger partial charge in [0.05, 0.1) is 6.33 Å². The molecule has 0 amide bonds. The van der Waals surface area contributed by atoms with Gasteiger partial charge in [-0.2, -0.15) is 0 Å². The first-order chi connectivity index (χ1) is 8.59. The second kappa shape index (κ2) is 6.34. The van der Waals surface area contributed by atoms with Gasteiger partial charge in [0, 0.05) is 12.6 Å². The van der Waals surface area contributed by atoms with E-state index < -0.39 is 0 Å². The summed E-state index contributed by atoms with van der Waals surface area (Å²) in [6.07, 6.45) is 6.35. The number of aryl methyl sites for hydroxylation is 1. The lowest BCUT2D eigenvalue weighted by Crippen LogP contribution is -2.37. The van der Waals surface area contributed by atoms with E-state index in [1.807, 2.05) is 22.6 Å². The van der Waals surface area contributed by atoms with Gasteiger partial charge in [0.1, 0.15) is 8.72 Å². The van der Waals surface area contributed by atoms with Gasteiger partial charge in [-0.15, -0.1) is 0 Å². The summed E-state index contributed by atoms with van der Waals surface area (Å²) in [6, 6.07) is 0.582. The van der Waals surface area contributed by atoms with Crippen molar-refractivity contribution < 1.29 is 0 Å². The lowest BCUT2D eigenvalue weighted by molar-refractivity contribution is 0.170. The summed E-state index contributed by atoms with van der Waals surface area (Å²) in [4.78, 5) is 18.4. The molecule has 1 atom stereocenters. The molecular weight excluding hydrogens is 365 g/mol. The molecule has 2 rings (SSSR count). The Bertz CT molecular complexity index is 477. The van der Waals surface area contributed by atoms with Crippen LogP contribution in [0, 0.1) is 3.57 Å². The van der Waals surface area contributed by atoms with Crippen LogP contribution in [0.25, 0.3) is 0 Å². The molecule has 1 aliphatic rings. The third kappa shape index (κ3) is 3.24. The van der Waals surface area contributed by atoms with E-state index in [9.17, 15) is 4.79 Å². The predicted octanol–water partition coefficient (Wildman–Crippen LogP) is 2.38. The minimum absolute atomic E-state index is 0.0333. The molecule has 100 valence electrons. The molecule has 6 heteroatoms. The van der Waals surface area contributed by atoms with Gasteiger partial charge < -0.3 is 4.90 Å². The number of hydrogen-bond acceptors (Lipinski definition) is 3. The van der Waals surface area contributed by atoms with Gasteiger partial charge >= 0.3 is 0 Å². The largest absolute Gasteiger partial charge is 0.303 e. The normalized spacial score (nSPS) is 21.2. The van der Waals surface area contributed by atoms with Gasteiger partial charge in [0.2, 0.25) is 0 Å². The third-order valence-corrected chi connectivity index (χ3v) is 5.14. The van der Waals surface area contributed by atoms with Crippen molar-refractivity contribution in [1.82, 2.24) is 14.5 Å². The molecule has 4 nitrogen and oxygen atoms in total. The Hall–Kier alpha value is -0.140. The average Bonchev–Trinajstić information content (AvgIpc) is 2.37. The lowest BCUT2D eigenvalue weighted by Gasteiger charge is -2.32. The molecule has 18 heavy (non-hydrogen) atoms.